The molecule has 1 heterocycles. The van der Waals surface area contributed by atoms with Gasteiger partial charge in [-0.15, -0.1) is 0 Å². The molecule has 2 rings (SSSR count). The third-order valence-corrected chi connectivity index (χ3v) is 2.98. The van der Waals surface area contributed by atoms with Crippen LogP contribution in [0.2, 0.25) is 0 Å². The van der Waals surface area contributed by atoms with E-state index in [0.29, 0.717) is 0 Å². The summed E-state index contributed by atoms with van der Waals surface area (Å²) in [6.45, 7) is 7.59. The molecule has 1 aromatic rings. The molecule has 4 nitrogen and oxygen atoms in total. The zero-order chi connectivity index (χ0) is 16.4. The molecule has 1 aromatic carbocycles. The lowest BCUT2D eigenvalue weighted by Crippen LogP contribution is -2.25. The van der Waals surface area contributed by atoms with Crippen molar-refractivity contribution in [2.24, 2.45) is 5.16 Å². The van der Waals surface area contributed by atoms with E-state index in [4.69, 9.17) is 9.94 Å². The van der Waals surface area contributed by atoms with Crippen molar-refractivity contribution in [1.82, 2.24) is 0 Å². The van der Waals surface area contributed by atoms with Gasteiger partial charge in [0.05, 0.1) is 6.42 Å². The Morgan fingerprint density at radius 3 is 2.50 bits per heavy atom. The van der Waals surface area contributed by atoms with Gasteiger partial charge in [-0.3, -0.25) is 0 Å². The predicted molar refractivity (Wildman–Crippen MR) is 88.7 cm³/mol. The second-order valence-electron chi connectivity index (χ2n) is 4.35. The second kappa shape index (κ2) is 8.62. The number of carboxylic acids is 1. The molecular weight excluding hydrogens is 278 g/mol. The molecule has 0 fully saturated rings. The summed E-state index contributed by atoms with van der Waals surface area (Å²) >= 11 is 0. The van der Waals surface area contributed by atoms with Crippen LogP contribution in [0, 0.1) is 0 Å². The minimum absolute atomic E-state index is 0.0196. The van der Waals surface area contributed by atoms with Crippen molar-refractivity contribution in [1.29, 1.82) is 0 Å². The summed E-state index contributed by atoms with van der Waals surface area (Å²) in [5, 5.41) is 12.7. The van der Waals surface area contributed by atoms with Crippen molar-refractivity contribution >= 4 is 11.7 Å². The zero-order valence-corrected chi connectivity index (χ0v) is 12.9. The van der Waals surface area contributed by atoms with Crippen LogP contribution >= 0.6 is 0 Å². The molecule has 4 heteroatoms. The van der Waals surface area contributed by atoms with Gasteiger partial charge in [-0.2, -0.15) is 0 Å². The lowest BCUT2D eigenvalue weighted by molar-refractivity contribution is -0.129. The fourth-order valence-electron chi connectivity index (χ4n) is 1.98. The highest BCUT2D eigenvalue weighted by Crippen LogP contribution is 2.36. The first-order valence-electron chi connectivity index (χ1n) is 7.19. The summed E-state index contributed by atoms with van der Waals surface area (Å²) < 4.78 is 0. The number of benzene rings is 1. The first kappa shape index (κ1) is 17.4. The molecule has 0 bridgehead atoms. The van der Waals surface area contributed by atoms with Crippen LogP contribution in [0.4, 0.5) is 0 Å². The fourth-order valence-corrected chi connectivity index (χ4v) is 1.98. The standard InChI is InChI=1S/C16H15NO3.C2H6/c1-2-3-4-8-11-16(13-9-6-5-7-10-13)12-14(15(18)19)17-20-16;1-2/h2-11H,1,12H2,(H,18,19);1-2H3/b4-3-,11-8+;. The Morgan fingerprint density at radius 1 is 1.27 bits per heavy atom. The topological polar surface area (TPSA) is 58.9 Å². The number of hydrogen-bond acceptors (Lipinski definition) is 3. The molecule has 0 saturated heterocycles. The van der Waals surface area contributed by atoms with E-state index >= 15 is 0 Å². The molecule has 0 saturated carbocycles. The highest BCUT2D eigenvalue weighted by Gasteiger charge is 2.40. The van der Waals surface area contributed by atoms with Gasteiger partial charge >= 0.3 is 5.97 Å². The lowest BCUT2D eigenvalue weighted by atomic mass is 9.88. The minimum Gasteiger partial charge on any atom is -0.477 e. The van der Waals surface area contributed by atoms with E-state index in [1.807, 2.05) is 50.3 Å². The number of carboxylic acid groups (broad SMARTS) is 1. The maximum absolute atomic E-state index is 11.0. The Bertz CT molecular complexity index is 588. The van der Waals surface area contributed by atoms with E-state index in [0.717, 1.165) is 5.56 Å². The number of hydrogen-bond donors (Lipinski definition) is 1. The first-order chi connectivity index (χ1) is 10.7. The van der Waals surface area contributed by atoms with Crippen molar-refractivity contribution < 1.29 is 14.7 Å². The van der Waals surface area contributed by atoms with Crippen LogP contribution in [0.3, 0.4) is 0 Å². The number of aliphatic carboxylic acids is 1. The molecule has 1 aliphatic rings. The van der Waals surface area contributed by atoms with E-state index in [9.17, 15) is 4.79 Å². The highest BCUT2D eigenvalue weighted by atomic mass is 16.7. The van der Waals surface area contributed by atoms with Crippen molar-refractivity contribution in [3.63, 3.8) is 0 Å². The van der Waals surface area contributed by atoms with Crippen LogP contribution in [0.1, 0.15) is 25.8 Å². The maximum Gasteiger partial charge on any atom is 0.353 e. The van der Waals surface area contributed by atoms with Crippen LogP contribution in [0.5, 0.6) is 0 Å². The van der Waals surface area contributed by atoms with Crippen molar-refractivity contribution in [2.45, 2.75) is 25.9 Å². The number of allylic oxidation sites excluding steroid dienone is 4. The molecule has 22 heavy (non-hydrogen) atoms. The molecule has 0 spiro atoms. The Labute approximate surface area is 131 Å². The molecule has 0 aliphatic carbocycles. The van der Waals surface area contributed by atoms with Gasteiger partial charge in [0.2, 0.25) is 0 Å². The third kappa shape index (κ3) is 4.19. The largest absolute Gasteiger partial charge is 0.477 e. The average molecular weight is 299 g/mol. The summed E-state index contributed by atoms with van der Waals surface area (Å²) in [6.07, 6.45) is 9.05. The molecule has 0 amide bonds. The van der Waals surface area contributed by atoms with Crippen LogP contribution in [0.15, 0.2) is 72.4 Å². The SMILES string of the molecule is C=C/C=C\C=C\C1(c2ccccc2)CC(C(=O)O)=NO1.CC. The molecule has 1 atom stereocenters. The van der Waals surface area contributed by atoms with Gasteiger partial charge in [-0.05, 0) is 6.08 Å². The molecule has 1 N–H and O–H groups in total. The van der Waals surface area contributed by atoms with Crippen LogP contribution < -0.4 is 0 Å². The predicted octanol–water partition coefficient (Wildman–Crippen LogP) is 4.07. The van der Waals surface area contributed by atoms with E-state index in [1.54, 1.807) is 24.3 Å². The minimum atomic E-state index is -1.06. The van der Waals surface area contributed by atoms with Crippen molar-refractivity contribution in [3.8, 4) is 0 Å². The molecule has 116 valence electrons. The Balaban J connectivity index is 0.00000116. The van der Waals surface area contributed by atoms with Gasteiger partial charge < -0.3 is 9.94 Å². The normalized spacial score (nSPS) is 20.2. The summed E-state index contributed by atoms with van der Waals surface area (Å²) in [7, 11) is 0. The van der Waals surface area contributed by atoms with E-state index in [2.05, 4.69) is 11.7 Å². The van der Waals surface area contributed by atoms with Crippen LogP contribution in [-0.4, -0.2) is 16.8 Å². The van der Waals surface area contributed by atoms with Crippen molar-refractivity contribution in [3.05, 3.63) is 72.9 Å². The molecular formula is C18H21NO3. The Morgan fingerprint density at radius 2 is 1.95 bits per heavy atom. The number of nitrogens with zero attached hydrogens (tertiary/aromatic N) is 1. The summed E-state index contributed by atoms with van der Waals surface area (Å²) in [5.41, 5.74) is 0.0231. The van der Waals surface area contributed by atoms with E-state index < -0.39 is 11.6 Å². The second-order valence-corrected chi connectivity index (χ2v) is 4.35. The van der Waals surface area contributed by atoms with Gasteiger partial charge in [0.25, 0.3) is 0 Å². The number of oxime groups is 1. The van der Waals surface area contributed by atoms with Crippen LogP contribution in [0.25, 0.3) is 0 Å². The average Bonchev–Trinajstić information content (AvgIpc) is 3.00. The summed E-state index contributed by atoms with van der Waals surface area (Å²) in [5.74, 6) is -1.06. The monoisotopic (exact) mass is 299 g/mol. The number of rotatable bonds is 5. The fraction of sp³-hybridized carbons (Fsp3) is 0.222. The van der Waals surface area contributed by atoms with Crippen LogP contribution in [-0.2, 0) is 15.2 Å². The smallest absolute Gasteiger partial charge is 0.353 e. The van der Waals surface area contributed by atoms with Gasteiger partial charge in [0, 0.05) is 5.56 Å². The van der Waals surface area contributed by atoms with Crippen molar-refractivity contribution in [2.75, 3.05) is 0 Å². The summed E-state index contributed by atoms with van der Waals surface area (Å²) in [6, 6.07) is 9.44. The number of carbonyl (C=O) groups is 1. The van der Waals surface area contributed by atoms with Gasteiger partial charge in [0.1, 0.15) is 0 Å². The quantitative estimate of drug-likeness (QED) is 0.834. The first-order valence-corrected chi connectivity index (χ1v) is 7.19. The van der Waals surface area contributed by atoms with E-state index in [1.165, 1.54) is 0 Å². The maximum atomic E-state index is 11.0. The third-order valence-electron chi connectivity index (χ3n) is 2.98. The Hall–Kier alpha value is -2.62. The van der Waals surface area contributed by atoms with Gasteiger partial charge in [-0.1, -0.05) is 80.2 Å². The van der Waals surface area contributed by atoms with E-state index in [-0.39, 0.29) is 12.1 Å². The summed E-state index contributed by atoms with van der Waals surface area (Å²) in [4.78, 5) is 16.5. The molecule has 0 radical (unpaired) electrons. The molecule has 0 aromatic heterocycles. The molecule has 1 aliphatic heterocycles. The van der Waals surface area contributed by atoms with Gasteiger partial charge in [-0.25, -0.2) is 4.79 Å². The lowest BCUT2D eigenvalue weighted by Gasteiger charge is -2.23. The highest BCUT2D eigenvalue weighted by molar-refractivity contribution is 6.36. The molecule has 1 unspecified atom stereocenters. The zero-order valence-electron chi connectivity index (χ0n) is 12.9. The Kier molecular flexibility index (Phi) is 6.83. The van der Waals surface area contributed by atoms with Gasteiger partial charge in [0.15, 0.2) is 11.3 Å².